The molecule has 3 amide bonds. The molecule has 25 heavy (non-hydrogen) atoms. The number of anilines is 3. The van der Waals surface area contributed by atoms with Crippen molar-refractivity contribution in [2.24, 2.45) is 0 Å². The first-order chi connectivity index (χ1) is 12.0. The maximum Gasteiger partial charge on any atom is 0.323 e. The summed E-state index contributed by atoms with van der Waals surface area (Å²) in [6.07, 6.45) is 2.55. The molecule has 0 atom stereocenters. The minimum Gasteiger partial charge on any atom is -0.312 e. The first-order valence-corrected chi connectivity index (χ1v) is 8.58. The molecule has 130 valence electrons. The number of hydrogen-bond acceptors (Lipinski definition) is 2. The van der Waals surface area contributed by atoms with Crippen LogP contribution in [0.4, 0.5) is 21.9 Å². The second-order valence-electron chi connectivity index (χ2n) is 6.51. The second-order valence-corrected chi connectivity index (χ2v) is 6.51. The van der Waals surface area contributed by atoms with Crippen molar-refractivity contribution < 1.29 is 9.59 Å². The fourth-order valence-electron chi connectivity index (χ4n) is 3.17. The third-order valence-corrected chi connectivity index (χ3v) is 4.22. The molecule has 0 saturated carbocycles. The van der Waals surface area contributed by atoms with Gasteiger partial charge in [-0.2, -0.15) is 0 Å². The van der Waals surface area contributed by atoms with Crippen LogP contribution in [0, 0.1) is 13.8 Å². The molecule has 2 aromatic rings. The molecule has 0 radical (unpaired) electrons. The summed E-state index contributed by atoms with van der Waals surface area (Å²) < 4.78 is 0. The van der Waals surface area contributed by atoms with E-state index < -0.39 is 0 Å². The summed E-state index contributed by atoms with van der Waals surface area (Å²) in [5.74, 6) is 0.142. The van der Waals surface area contributed by atoms with Gasteiger partial charge in [0.1, 0.15) is 0 Å². The minimum atomic E-state index is -0.299. The molecule has 0 spiro atoms. The van der Waals surface area contributed by atoms with E-state index in [1.54, 1.807) is 4.90 Å². The minimum absolute atomic E-state index is 0.142. The average Bonchev–Trinajstić information content (AvgIpc) is 2.54. The lowest BCUT2D eigenvalue weighted by Crippen LogP contribution is -2.35. The van der Waals surface area contributed by atoms with Crippen molar-refractivity contribution in [3.63, 3.8) is 0 Å². The highest BCUT2D eigenvalue weighted by molar-refractivity contribution is 6.01. The predicted octanol–water partition coefficient (Wildman–Crippen LogP) is 4.46. The molecule has 1 heterocycles. The fourth-order valence-corrected chi connectivity index (χ4v) is 3.17. The van der Waals surface area contributed by atoms with Gasteiger partial charge in [0.2, 0.25) is 5.91 Å². The van der Waals surface area contributed by atoms with E-state index in [0.717, 1.165) is 41.9 Å². The van der Waals surface area contributed by atoms with Gasteiger partial charge in [-0.25, -0.2) is 4.79 Å². The van der Waals surface area contributed by atoms with E-state index in [2.05, 4.69) is 16.7 Å². The van der Waals surface area contributed by atoms with Gasteiger partial charge in [0.05, 0.1) is 0 Å². The first kappa shape index (κ1) is 17.0. The van der Waals surface area contributed by atoms with E-state index in [1.165, 1.54) is 0 Å². The Bertz CT molecular complexity index is 781. The van der Waals surface area contributed by atoms with E-state index in [1.807, 2.05) is 50.2 Å². The van der Waals surface area contributed by atoms with E-state index in [-0.39, 0.29) is 11.9 Å². The standard InChI is InChI=1S/C20H23N3O2/c1-14-10-15(2)12-17(11-14)22-20(25)21-16-6-5-7-18(13-16)23-9-4-3-8-19(23)24/h5-7,10-13H,3-4,8-9H2,1-2H3,(H2,21,22,25). The van der Waals surface area contributed by atoms with Crippen LogP contribution in [0.1, 0.15) is 30.4 Å². The largest absolute Gasteiger partial charge is 0.323 e. The molecule has 0 unspecified atom stereocenters. The van der Waals surface area contributed by atoms with Gasteiger partial charge in [-0.15, -0.1) is 0 Å². The topological polar surface area (TPSA) is 61.4 Å². The van der Waals surface area contributed by atoms with Gasteiger partial charge in [0, 0.05) is 30.0 Å². The van der Waals surface area contributed by atoms with E-state index in [9.17, 15) is 9.59 Å². The van der Waals surface area contributed by atoms with Crippen molar-refractivity contribution >= 4 is 29.0 Å². The molecule has 1 saturated heterocycles. The number of benzene rings is 2. The summed E-state index contributed by atoms with van der Waals surface area (Å²) in [6, 6.07) is 13.0. The van der Waals surface area contributed by atoms with Crippen molar-refractivity contribution in [3.05, 3.63) is 53.6 Å². The Kier molecular flexibility index (Phi) is 5.03. The summed E-state index contributed by atoms with van der Waals surface area (Å²) >= 11 is 0. The molecule has 1 aliphatic rings. The third kappa shape index (κ3) is 4.38. The SMILES string of the molecule is Cc1cc(C)cc(NC(=O)Nc2cccc(N3CCCCC3=O)c2)c1. The molecule has 0 aromatic heterocycles. The molecule has 2 N–H and O–H groups in total. The van der Waals surface area contributed by atoms with Gasteiger partial charge in [0.15, 0.2) is 0 Å². The van der Waals surface area contributed by atoms with Crippen LogP contribution in [-0.4, -0.2) is 18.5 Å². The number of nitrogens with one attached hydrogen (secondary N) is 2. The van der Waals surface area contributed by atoms with Crippen LogP contribution in [0.3, 0.4) is 0 Å². The Hall–Kier alpha value is -2.82. The highest BCUT2D eigenvalue weighted by atomic mass is 16.2. The molecule has 0 bridgehead atoms. The lowest BCUT2D eigenvalue weighted by atomic mass is 10.1. The Labute approximate surface area is 148 Å². The van der Waals surface area contributed by atoms with Crippen LogP contribution in [0.25, 0.3) is 0 Å². The van der Waals surface area contributed by atoms with Crippen LogP contribution < -0.4 is 15.5 Å². The Morgan fingerprint density at radius 1 is 0.960 bits per heavy atom. The zero-order valence-corrected chi connectivity index (χ0v) is 14.6. The maximum absolute atomic E-state index is 12.3. The lowest BCUT2D eigenvalue weighted by molar-refractivity contribution is -0.119. The van der Waals surface area contributed by atoms with Gasteiger partial charge in [-0.3, -0.25) is 4.79 Å². The summed E-state index contributed by atoms with van der Waals surface area (Å²) in [4.78, 5) is 26.1. The number of carbonyl (C=O) groups excluding carboxylic acids is 2. The summed E-state index contributed by atoms with van der Waals surface area (Å²) in [5, 5.41) is 5.68. The molecule has 1 fully saturated rings. The number of amides is 3. The number of piperidine rings is 1. The number of carbonyl (C=O) groups is 2. The normalized spacial score (nSPS) is 14.3. The van der Waals surface area contributed by atoms with Crippen LogP contribution in [0.2, 0.25) is 0 Å². The average molecular weight is 337 g/mol. The third-order valence-electron chi connectivity index (χ3n) is 4.22. The van der Waals surface area contributed by atoms with Crippen LogP contribution >= 0.6 is 0 Å². The Balaban J connectivity index is 1.69. The monoisotopic (exact) mass is 337 g/mol. The van der Waals surface area contributed by atoms with Crippen LogP contribution in [-0.2, 0) is 4.79 Å². The first-order valence-electron chi connectivity index (χ1n) is 8.58. The molecule has 3 rings (SSSR count). The maximum atomic E-state index is 12.3. The van der Waals surface area contributed by atoms with Crippen molar-refractivity contribution in [3.8, 4) is 0 Å². The van der Waals surface area contributed by atoms with Crippen LogP contribution in [0.5, 0.6) is 0 Å². The van der Waals surface area contributed by atoms with E-state index in [4.69, 9.17) is 0 Å². The number of urea groups is 1. The van der Waals surface area contributed by atoms with E-state index >= 15 is 0 Å². The number of aryl methyl sites for hydroxylation is 2. The van der Waals surface area contributed by atoms with E-state index in [0.29, 0.717) is 12.1 Å². The summed E-state index contributed by atoms with van der Waals surface area (Å²) in [6.45, 7) is 4.72. The van der Waals surface area contributed by atoms with Gasteiger partial charge in [-0.05, 0) is 68.1 Å². The number of nitrogens with zero attached hydrogens (tertiary/aromatic N) is 1. The summed E-state index contributed by atoms with van der Waals surface area (Å²) in [7, 11) is 0. The Morgan fingerprint density at radius 3 is 2.40 bits per heavy atom. The van der Waals surface area contributed by atoms with Gasteiger partial charge in [0.25, 0.3) is 0 Å². The Morgan fingerprint density at radius 2 is 1.68 bits per heavy atom. The zero-order valence-electron chi connectivity index (χ0n) is 14.6. The highest BCUT2D eigenvalue weighted by Gasteiger charge is 2.19. The van der Waals surface area contributed by atoms with Crippen molar-refractivity contribution in [1.82, 2.24) is 0 Å². The molecule has 0 aliphatic carbocycles. The molecule has 5 nitrogen and oxygen atoms in total. The quantitative estimate of drug-likeness (QED) is 0.868. The lowest BCUT2D eigenvalue weighted by Gasteiger charge is -2.27. The van der Waals surface area contributed by atoms with Crippen molar-refractivity contribution in [2.45, 2.75) is 33.1 Å². The molecule has 5 heteroatoms. The fraction of sp³-hybridized carbons (Fsp3) is 0.300. The van der Waals surface area contributed by atoms with Gasteiger partial charge >= 0.3 is 6.03 Å². The van der Waals surface area contributed by atoms with Gasteiger partial charge in [-0.1, -0.05) is 12.1 Å². The summed E-state index contributed by atoms with van der Waals surface area (Å²) in [5.41, 5.74) is 4.45. The second kappa shape index (κ2) is 7.38. The molecule has 2 aromatic carbocycles. The highest BCUT2D eigenvalue weighted by Crippen LogP contribution is 2.24. The molecular weight excluding hydrogens is 314 g/mol. The number of rotatable bonds is 3. The van der Waals surface area contributed by atoms with Crippen molar-refractivity contribution in [1.29, 1.82) is 0 Å². The van der Waals surface area contributed by atoms with Crippen LogP contribution in [0.15, 0.2) is 42.5 Å². The predicted molar refractivity (Wildman–Crippen MR) is 101 cm³/mol. The van der Waals surface area contributed by atoms with Crippen molar-refractivity contribution in [2.75, 3.05) is 22.1 Å². The molecular formula is C20H23N3O2. The zero-order chi connectivity index (χ0) is 17.8. The smallest absolute Gasteiger partial charge is 0.312 e. The number of hydrogen-bond donors (Lipinski definition) is 2. The van der Waals surface area contributed by atoms with Gasteiger partial charge < -0.3 is 15.5 Å². The molecule has 1 aliphatic heterocycles.